The van der Waals surface area contributed by atoms with Gasteiger partial charge in [0.05, 0.1) is 5.52 Å². The lowest BCUT2D eigenvalue weighted by atomic mass is 10.1. The Balaban J connectivity index is 2.77. The SMILES string of the molecule is CCNc1c(C)c(C)nc2ccccc12. The standard InChI is InChI=1S/C13H16N2/c1-4-14-13-9(2)10(3)15-12-8-6-5-7-11(12)13/h5-8H,4H2,1-3H3,(H,14,15). The van der Waals surface area contributed by atoms with E-state index in [0.717, 1.165) is 17.8 Å². The number of rotatable bonds is 2. The van der Waals surface area contributed by atoms with Crippen LogP contribution in [0.4, 0.5) is 5.69 Å². The summed E-state index contributed by atoms with van der Waals surface area (Å²) in [6.07, 6.45) is 0. The molecule has 0 unspecified atom stereocenters. The molecule has 2 aromatic rings. The molecule has 78 valence electrons. The van der Waals surface area contributed by atoms with Gasteiger partial charge >= 0.3 is 0 Å². The van der Waals surface area contributed by atoms with E-state index in [0.29, 0.717) is 0 Å². The van der Waals surface area contributed by atoms with Crippen LogP contribution in [0.25, 0.3) is 10.9 Å². The average Bonchev–Trinajstić information content (AvgIpc) is 2.25. The van der Waals surface area contributed by atoms with Gasteiger partial charge in [-0.05, 0) is 32.4 Å². The van der Waals surface area contributed by atoms with Gasteiger partial charge in [-0.2, -0.15) is 0 Å². The van der Waals surface area contributed by atoms with E-state index in [-0.39, 0.29) is 0 Å². The molecule has 0 fully saturated rings. The molecule has 0 saturated carbocycles. The van der Waals surface area contributed by atoms with Crippen LogP contribution in [0.2, 0.25) is 0 Å². The summed E-state index contributed by atoms with van der Waals surface area (Å²) in [5, 5.41) is 4.63. The lowest BCUT2D eigenvalue weighted by Crippen LogP contribution is -2.02. The van der Waals surface area contributed by atoms with Crippen LogP contribution >= 0.6 is 0 Å². The number of anilines is 1. The molecule has 1 aromatic carbocycles. The summed E-state index contributed by atoms with van der Waals surface area (Å²) in [6, 6.07) is 8.26. The normalized spacial score (nSPS) is 10.6. The van der Waals surface area contributed by atoms with Crippen LogP contribution in [-0.4, -0.2) is 11.5 Å². The molecular weight excluding hydrogens is 184 g/mol. The number of pyridine rings is 1. The first-order valence-corrected chi connectivity index (χ1v) is 5.34. The van der Waals surface area contributed by atoms with E-state index in [9.17, 15) is 0 Å². The zero-order chi connectivity index (χ0) is 10.8. The Morgan fingerprint density at radius 2 is 1.93 bits per heavy atom. The lowest BCUT2D eigenvalue weighted by molar-refractivity contribution is 1.16. The minimum atomic E-state index is 0.939. The maximum Gasteiger partial charge on any atom is 0.0726 e. The number of hydrogen-bond acceptors (Lipinski definition) is 2. The van der Waals surface area contributed by atoms with Gasteiger partial charge in [0.1, 0.15) is 0 Å². The van der Waals surface area contributed by atoms with Gasteiger partial charge in [0.15, 0.2) is 0 Å². The molecule has 0 atom stereocenters. The quantitative estimate of drug-likeness (QED) is 0.804. The minimum absolute atomic E-state index is 0.939. The zero-order valence-corrected chi connectivity index (χ0v) is 9.46. The average molecular weight is 200 g/mol. The van der Waals surface area contributed by atoms with Crippen LogP contribution in [0.15, 0.2) is 24.3 Å². The third kappa shape index (κ3) is 1.67. The number of hydrogen-bond donors (Lipinski definition) is 1. The third-order valence-electron chi connectivity index (χ3n) is 2.73. The van der Waals surface area contributed by atoms with Crippen LogP contribution in [0, 0.1) is 13.8 Å². The molecule has 2 nitrogen and oxygen atoms in total. The molecule has 0 saturated heterocycles. The summed E-state index contributed by atoms with van der Waals surface area (Å²) >= 11 is 0. The second-order valence-corrected chi connectivity index (χ2v) is 3.74. The first kappa shape index (κ1) is 9.97. The maximum atomic E-state index is 4.58. The second-order valence-electron chi connectivity index (χ2n) is 3.74. The smallest absolute Gasteiger partial charge is 0.0726 e. The Morgan fingerprint density at radius 1 is 1.20 bits per heavy atom. The first-order chi connectivity index (χ1) is 7.24. The predicted octanol–water partition coefficient (Wildman–Crippen LogP) is 3.28. The molecule has 0 aliphatic carbocycles. The Kier molecular flexibility index (Phi) is 2.58. The number of benzene rings is 1. The molecule has 0 bridgehead atoms. The Labute approximate surface area is 90.3 Å². The van der Waals surface area contributed by atoms with E-state index in [4.69, 9.17) is 0 Å². The fraction of sp³-hybridized carbons (Fsp3) is 0.308. The first-order valence-electron chi connectivity index (χ1n) is 5.34. The van der Waals surface area contributed by atoms with E-state index in [1.807, 2.05) is 6.07 Å². The summed E-state index contributed by atoms with van der Waals surface area (Å²) in [4.78, 5) is 4.58. The van der Waals surface area contributed by atoms with Crippen LogP contribution in [0.3, 0.4) is 0 Å². The molecule has 0 aliphatic heterocycles. The minimum Gasteiger partial charge on any atom is -0.385 e. The molecule has 0 amide bonds. The highest BCUT2D eigenvalue weighted by Gasteiger charge is 2.07. The molecule has 2 heteroatoms. The van der Waals surface area contributed by atoms with Gasteiger partial charge in [0, 0.05) is 23.3 Å². The van der Waals surface area contributed by atoms with Crippen molar-refractivity contribution in [1.29, 1.82) is 0 Å². The van der Waals surface area contributed by atoms with Crippen molar-refractivity contribution >= 4 is 16.6 Å². The van der Waals surface area contributed by atoms with Crippen LogP contribution in [-0.2, 0) is 0 Å². The molecule has 0 spiro atoms. The van der Waals surface area contributed by atoms with Crippen LogP contribution < -0.4 is 5.32 Å². The summed E-state index contributed by atoms with van der Waals surface area (Å²) in [5.74, 6) is 0. The fourth-order valence-electron chi connectivity index (χ4n) is 1.83. The highest BCUT2D eigenvalue weighted by molar-refractivity contribution is 5.93. The molecule has 1 aromatic heterocycles. The summed E-state index contributed by atoms with van der Waals surface area (Å²) in [7, 11) is 0. The van der Waals surface area contributed by atoms with E-state index in [1.165, 1.54) is 16.6 Å². The lowest BCUT2D eigenvalue weighted by Gasteiger charge is -2.13. The third-order valence-corrected chi connectivity index (χ3v) is 2.73. The van der Waals surface area contributed by atoms with Gasteiger partial charge in [-0.1, -0.05) is 18.2 Å². The van der Waals surface area contributed by atoms with E-state index < -0.39 is 0 Å². The van der Waals surface area contributed by atoms with Gasteiger partial charge in [-0.15, -0.1) is 0 Å². The number of nitrogens with one attached hydrogen (secondary N) is 1. The molecule has 1 heterocycles. The van der Waals surface area contributed by atoms with E-state index in [2.05, 4.69) is 49.3 Å². The number of fused-ring (bicyclic) bond motifs is 1. The molecule has 15 heavy (non-hydrogen) atoms. The van der Waals surface area contributed by atoms with Gasteiger partial charge in [-0.25, -0.2) is 0 Å². The van der Waals surface area contributed by atoms with Crippen molar-refractivity contribution in [2.24, 2.45) is 0 Å². The van der Waals surface area contributed by atoms with Crippen molar-refractivity contribution in [3.05, 3.63) is 35.5 Å². The molecule has 0 radical (unpaired) electrons. The molecule has 2 rings (SSSR count). The molecule has 0 aliphatic rings. The number of para-hydroxylation sites is 1. The highest BCUT2D eigenvalue weighted by atomic mass is 14.9. The van der Waals surface area contributed by atoms with Crippen LogP contribution in [0.5, 0.6) is 0 Å². The van der Waals surface area contributed by atoms with Crippen molar-refractivity contribution < 1.29 is 0 Å². The predicted molar refractivity (Wildman–Crippen MR) is 65.4 cm³/mol. The molecule has 1 N–H and O–H groups in total. The second kappa shape index (κ2) is 3.89. The summed E-state index contributed by atoms with van der Waals surface area (Å²) < 4.78 is 0. The van der Waals surface area contributed by atoms with Crippen molar-refractivity contribution in [1.82, 2.24) is 4.98 Å². The Hall–Kier alpha value is -1.57. The van der Waals surface area contributed by atoms with Crippen molar-refractivity contribution in [2.75, 3.05) is 11.9 Å². The number of aryl methyl sites for hydroxylation is 1. The highest BCUT2D eigenvalue weighted by Crippen LogP contribution is 2.27. The topological polar surface area (TPSA) is 24.9 Å². The van der Waals surface area contributed by atoms with Gasteiger partial charge in [0.2, 0.25) is 0 Å². The Morgan fingerprint density at radius 3 is 2.67 bits per heavy atom. The van der Waals surface area contributed by atoms with E-state index in [1.54, 1.807) is 0 Å². The van der Waals surface area contributed by atoms with Gasteiger partial charge < -0.3 is 5.32 Å². The monoisotopic (exact) mass is 200 g/mol. The van der Waals surface area contributed by atoms with Crippen molar-refractivity contribution in [2.45, 2.75) is 20.8 Å². The number of aromatic nitrogens is 1. The largest absolute Gasteiger partial charge is 0.385 e. The van der Waals surface area contributed by atoms with E-state index >= 15 is 0 Å². The summed E-state index contributed by atoms with van der Waals surface area (Å²) in [5.41, 5.74) is 4.64. The van der Waals surface area contributed by atoms with Crippen molar-refractivity contribution in [3.8, 4) is 0 Å². The Bertz CT molecular complexity index is 489. The van der Waals surface area contributed by atoms with Gasteiger partial charge in [-0.3, -0.25) is 4.98 Å². The maximum absolute atomic E-state index is 4.58. The summed E-state index contributed by atoms with van der Waals surface area (Å²) in [6.45, 7) is 7.23. The van der Waals surface area contributed by atoms with Crippen LogP contribution in [0.1, 0.15) is 18.2 Å². The molecular formula is C13H16N2. The fourth-order valence-corrected chi connectivity index (χ4v) is 1.83. The van der Waals surface area contributed by atoms with Gasteiger partial charge in [0.25, 0.3) is 0 Å². The number of nitrogens with zero attached hydrogens (tertiary/aromatic N) is 1. The van der Waals surface area contributed by atoms with Crippen molar-refractivity contribution in [3.63, 3.8) is 0 Å². The zero-order valence-electron chi connectivity index (χ0n) is 9.46.